The van der Waals surface area contributed by atoms with E-state index < -0.39 is 17.0 Å². The third kappa shape index (κ3) is 4.94. The molecule has 11 atom stereocenters. The minimum absolute atomic E-state index is 0.0101. The van der Waals surface area contributed by atoms with Gasteiger partial charge >= 0.3 is 5.97 Å². The van der Waals surface area contributed by atoms with Gasteiger partial charge in [-0.2, -0.15) is 0 Å². The Morgan fingerprint density at radius 3 is 2.57 bits per heavy atom. The van der Waals surface area contributed by atoms with Gasteiger partial charge in [0.2, 0.25) is 5.88 Å². The van der Waals surface area contributed by atoms with Crippen molar-refractivity contribution in [2.45, 2.75) is 91.3 Å². The van der Waals surface area contributed by atoms with Gasteiger partial charge in [0.05, 0.1) is 43.5 Å². The van der Waals surface area contributed by atoms with E-state index in [0.717, 1.165) is 50.8 Å². The second-order valence-electron chi connectivity index (χ2n) is 17.7. The molecule has 1 saturated heterocycles. The van der Waals surface area contributed by atoms with Gasteiger partial charge < -0.3 is 24.4 Å². The molecule has 1 aromatic rings. The first-order valence-corrected chi connectivity index (χ1v) is 19.6. The lowest BCUT2D eigenvalue weighted by atomic mass is 9.43. The maximum atomic E-state index is 14.8. The van der Waals surface area contributed by atoms with Crippen LogP contribution in [0.2, 0.25) is 0 Å². The van der Waals surface area contributed by atoms with Gasteiger partial charge in [0.1, 0.15) is 6.10 Å². The van der Waals surface area contributed by atoms with Crippen molar-refractivity contribution >= 4 is 17.3 Å². The number of aliphatic carboxylic acids is 1. The molecule has 0 radical (unpaired) electrons. The summed E-state index contributed by atoms with van der Waals surface area (Å²) in [6.45, 7) is 14.8. The molecular formula is C41H57N3O7. The number of hydrogen-bond acceptors (Lipinski definition) is 9. The number of aromatic nitrogens is 2. The number of rotatable bonds is 14. The van der Waals surface area contributed by atoms with E-state index in [9.17, 15) is 19.8 Å². The summed E-state index contributed by atoms with van der Waals surface area (Å²) in [5.74, 6) is 2.67. The van der Waals surface area contributed by atoms with Crippen LogP contribution >= 0.6 is 0 Å². The molecule has 0 aromatic carbocycles. The van der Waals surface area contributed by atoms with Crippen molar-refractivity contribution in [3.63, 3.8) is 0 Å². The zero-order valence-electron chi connectivity index (χ0n) is 31.3. The number of methoxy groups -OCH3 is 1. The van der Waals surface area contributed by atoms with Crippen LogP contribution < -0.4 is 4.74 Å². The van der Waals surface area contributed by atoms with E-state index in [-0.39, 0.29) is 34.6 Å². The monoisotopic (exact) mass is 703 g/mol. The summed E-state index contributed by atoms with van der Waals surface area (Å²) >= 11 is 0. The fourth-order valence-corrected chi connectivity index (χ4v) is 13.1. The van der Waals surface area contributed by atoms with E-state index in [1.165, 1.54) is 12.8 Å². The van der Waals surface area contributed by atoms with Crippen molar-refractivity contribution in [1.29, 1.82) is 0 Å². The molecule has 10 heteroatoms. The van der Waals surface area contributed by atoms with E-state index in [1.807, 2.05) is 13.0 Å². The largest absolute Gasteiger partial charge is 0.478 e. The number of nitrogens with zero attached hydrogens (tertiary/aromatic N) is 3. The van der Waals surface area contributed by atoms with E-state index in [1.54, 1.807) is 19.5 Å². The Morgan fingerprint density at radius 1 is 1.14 bits per heavy atom. The lowest BCUT2D eigenvalue weighted by Gasteiger charge is -2.60. The summed E-state index contributed by atoms with van der Waals surface area (Å²) < 4.78 is 16.3. The van der Waals surface area contributed by atoms with Crippen molar-refractivity contribution in [3.8, 4) is 5.88 Å². The van der Waals surface area contributed by atoms with Gasteiger partial charge in [-0.15, -0.1) is 0 Å². The summed E-state index contributed by atoms with van der Waals surface area (Å²) in [5.41, 5.74) is 0.907. The average Bonchev–Trinajstić information content (AvgIpc) is 3.90. The smallest absolute Gasteiger partial charge is 0.332 e. The van der Waals surface area contributed by atoms with Gasteiger partial charge in [0.15, 0.2) is 5.78 Å². The quantitative estimate of drug-likeness (QED) is 0.241. The third-order valence-electron chi connectivity index (χ3n) is 15.8. The van der Waals surface area contributed by atoms with Gasteiger partial charge in [-0.05, 0) is 105 Å². The molecule has 6 fully saturated rings. The summed E-state index contributed by atoms with van der Waals surface area (Å²) in [6.07, 6.45) is 12.4. The number of fused-ring (bicyclic) bond motifs is 6. The van der Waals surface area contributed by atoms with E-state index in [4.69, 9.17) is 14.2 Å². The van der Waals surface area contributed by atoms with Crippen molar-refractivity contribution in [2.24, 2.45) is 57.7 Å². The van der Waals surface area contributed by atoms with Crippen LogP contribution in [0.4, 0.5) is 0 Å². The fraction of sp³-hybridized carbons (Fsp3) is 0.756. The molecule has 1 aliphatic heterocycles. The molecule has 6 aliphatic carbocycles. The fourth-order valence-electron chi connectivity index (χ4n) is 13.1. The maximum absolute atomic E-state index is 14.8. The van der Waals surface area contributed by atoms with Gasteiger partial charge in [0, 0.05) is 48.1 Å². The molecule has 0 bridgehead atoms. The Hall–Kier alpha value is -2.66. The number of Topliss-reactive ketones (excluding diaryl/α,β-unsaturated/α-hetero) is 1. The van der Waals surface area contributed by atoms with Crippen LogP contribution in [-0.2, 0) is 19.1 Å². The number of carbonyl (C=O) groups excluding carboxylic acids is 1. The van der Waals surface area contributed by atoms with Crippen LogP contribution in [-0.4, -0.2) is 95.1 Å². The summed E-state index contributed by atoms with van der Waals surface area (Å²) in [5, 5.41) is 22.2. The molecule has 8 rings (SSSR count). The van der Waals surface area contributed by atoms with Crippen LogP contribution in [0.25, 0.3) is 5.57 Å². The number of allylic oxidation sites excluding steroid dienone is 2. The maximum Gasteiger partial charge on any atom is 0.332 e. The highest BCUT2D eigenvalue weighted by atomic mass is 16.6. The van der Waals surface area contributed by atoms with E-state index >= 15 is 0 Å². The summed E-state index contributed by atoms with van der Waals surface area (Å²) in [6, 6.07) is 0. The minimum atomic E-state index is -0.924. The molecular weight excluding hydrogens is 646 g/mol. The minimum Gasteiger partial charge on any atom is -0.478 e. The number of carbonyl (C=O) groups is 2. The highest BCUT2D eigenvalue weighted by Gasteiger charge is 3.02. The number of ether oxygens (including phenoxy) is 3. The standard InChI is InChI=1S/C41H57N3O7/c1-7-44(14-15-49-6)20-28(37(46)47)23(2)8-9-24(3)29-10-11-30-26-16-32-35-40(48)17-27(33-18-43-34(19-42-33)51-25-21-50-22-25)36(45)39(5,41(32,35)40)31(26)12-13-38(29,30)4/h17-19,24-26,29-32,35,48H,7-16,20-22H2,1-6H3,(H,46,47)/b28-23-/t24-,26+,29-,30+,31+,32?,35?,38?,39+,40-,41-/m1/s1. The molecule has 7 aliphatic rings. The average molecular weight is 704 g/mol. The zero-order chi connectivity index (χ0) is 36.1. The number of carboxylic acids is 1. The molecule has 10 nitrogen and oxygen atoms in total. The lowest BCUT2D eigenvalue weighted by molar-refractivity contribution is -0.157. The predicted molar refractivity (Wildman–Crippen MR) is 191 cm³/mol. The first-order chi connectivity index (χ1) is 24.4. The van der Waals surface area contributed by atoms with Crippen LogP contribution in [0.5, 0.6) is 5.88 Å². The van der Waals surface area contributed by atoms with Crippen LogP contribution in [0, 0.1) is 57.7 Å². The summed E-state index contributed by atoms with van der Waals surface area (Å²) in [7, 11) is 1.68. The molecule has 0 amide bonds. The van der Waals surface area contributed by atoms with Crippen molar-refractivity contribution < 1.29 is 34.0 Å². The highest BCUT2D eigenvalue weighted by Crippen LogP contribution is 2.98. The molecule has 1 aromatic heterocycles. The molecule has 278 valence electrons. The SMILES string of the molecule is CCN(CCOC)C/C(C(=O)O)=C(\C)CC[C@@H](C)[C@H]1CC[C@H]2[C@@H]3CC4C5[C@]46[C@@]5(O)C=C(c4cnc(OC5COC5)cn4)C(=O)[C@]6(C)[C@H]3CCC12C. The molecule has 51 heavy (non-hydrogen) atoms. The Balaban J connectivity index is 0.979. The Labute approximate surface area is 302 Å². The zero-order valence-corrected chi connectivity index (χ0v) is 31.3. The number of ketones is 1. The van der Waals surface area contributed by atoms with E-state index in [2.05, 4.69) is 42.6 Å². The third-order valence-corrected chi connectivity index (χ3v) is 15.8. The lowest BCUT2D eigenvalue weighted by Crippen LogP contribution is -2.60. The molecule has 2 heterocycles. The van der Waals surface area contributed by atoms with E-state index in [0.29, 0.717) is 78.7 Å². The number of likely N-dealkylation sites (N-methyl/N-ethyl adjacent to an activating group) is 1. The Kier molecular flexibility index (Phi) is 8.64. The van der Waals surface area contributed by atoms with Crippen LogP contribution in [0.1, 0.15) is 85.3 Å². The van der Waals surface area contributed by atoms with Gasteiger partial charge in [-0.3, -0.25) is 9.69 Å². The Morgan fingerprint density at radius 2 is 1.92 bits per heavy atom. The highest BCUT2D eigenvalue weighted by molar-refractivity contribution is 6.25. The van der Waals surface area contributed by atoms with Crippen molar-refractivity contribution in [2.75, 3.05) is 46.6 Å². The van der Waals surface area contributed by atoms with Crippen LogP contribution in [0.3, 0.4) is 0 Å². The number of aliphatic hydroxyl groups is 1. The molecule has 1 spiro atoms. The van der Waals surface area contributed by atoms with Crippen LogP contribution in [0.15, 0.2) is 29.6 Å². The van der Waals surface area contributed by atoms with Crippen molar-refractivity contribution in [3.05, 3.63) is 35.3 Å². The number of carboxylic acid groups (broad SMARTS) is 1. The second-order valence-corrected chi connectivity index (χ2v) is 17.7. The van der Waals surface area contributed by atoms with Crippen molar-refractivity contribution in [1.82, 2.24) is 14.9 Å². The van der Waals surface area contributed by atoms with Gasteiger partial charge in [0.25, 0.3) is 0 Å². The predicted octanol–water partition coefficient (Wildman–Crippen LogP) is 5.45. The number of hydrogen-bond donors (Lipinski definition) is 2. The molecule has 2 N–H and O–H groups in total. The molecule has 5 saturated carbocycles. The summed E-state index contributed by atoms with van der Waals surface area (Å²) in [4.78, 5) is 38.4. The Bertz CT molecular complexity index is 1640. The first-order valence-electron chi connectivity index (χ1n) is 19.6. The molecule has 3 unspecified atom stereocenters. The van der Waals surface area contributed by atoms with Gasteiger partial charge in [-0.25, -0.2) is 14.8 Å². The van der Waals surface area contributed by atoms with Gasteiger partial charge in [-0.1, -0.05) is 33.3 Å². The first kappa shape index (κ1) is 35.4. The topological polar surface area (TPSA) is 131 Å². The second kappa shape index (κ2) is 12.5. The normalized spacial score (nSPS) is 41.3.